The molecule has 0 amide bonds. The minimum absolute atomic E-state index is 0.433. The van der Waals surface area contributed by atoms with Crippen molar-refractivity contribution in [1.82, 2.24) is 0 Å². The van der Waals surface area contributed by atoms with Crippen LogP contribution in [0.3, 0.4) is 0 Å². The van der Waals surface area contributed by atoms with E-state index in [-0.39, 0.29) is 0 Å². The molecule has 1 aromatic carbocycles. The number of carbonyl (C=O) groups excluding carboxylic acids is 1. The molecule has 2 nitrogen and oxygen atoms in total. The van der Waals surface area contributed by atoms with E-state index in [9.17, 15) is 4.79 Å². The molecule has 1 rings (SSSR count). The largest absolute Gasteiger partial charge is 0.428 e. The average molecular weight is 188 g/mol. The SMILES string of the molecule is C/C=C/C=C(/OC=O)c1ccccc1. The van der Waals surface area contributed by atoms with Gasteiger partial charge in [0, 0.05) is 5.56 Å². The Kier molecular flexibility index (Phi) is 4.21. The second-order valence-electron chi connectivity index (χ2n) is 2.64. The van der Waals surface area contributed by atoms with Crippen LogP contribution in [0.4, 0.5) is 0 Å². The van der Waals surface area contributed by atoms with Crippen LogP contribution in [-0.4, -0.2) is 6.47 Å². The molecule has 0 spiro atoms. The fourth-order valence-electron chi connectivity index (χ4n) is 1.04. The van der Waals surface area contributed by atoms with Crippen molar-refractivity contribution in [2.75, 3.05) is 0 Å². The van der Waals surface area contributed by atoms with Gasteiger partial charge in [0.05, 0.1) is 0 Å². The van der Waals surface area contributed by atoms with Crippen LogP contribution in [0, 0.1) is 0 Å². The first-order valence-corrected chi connectivity index (χ1v) is 4.37. The maximum Gasteiger partial charge on any atom is 0.298 e. The highest BCUT2D eigenvalue weighted by Crippen LogP contribution is 2.14. The Balaban J connectivity index is 2.94. The third kappa shape index (κ3) is 2.90. The lowest BCUT2D eigenvalue weighted by Crippen LogP contribution is -1.88. The van der Waals surface area contributed by atoms with Crippen molar-refractivity contribution >= 4 is 12.2 Å². The fraction of sp³-hybridized carbons (Fsp3) is 0.0833. The standard InChI is InChI=1S/C12H12O2/c1-2-3-9-12(14-10-13)11-7-5-4-6-8-11/h2-10H,1H3/b3-2+,12-9+. The highest BCUT2D eigenvalue weighted by atomic mass is 16.5. The molecular formula is C12H12O2. The second-order valence-corrected chi connectivity index (χ2v) is 2.64. The minimum Gasteiger partial charge on any atom is -0.428 e. The quantitative estimate of drug-likeness (QED) is 0.412. The Bertz CT molecular complexity index is 337. The van der Waals surface area contributed by atoms with E-state index in [0.29, 0.717) is 12.2 Å². The van der Waals surface area contributed by atoms with Gasteiger partial charge in [0.15, 0.2) is 0 Å². The van der Waals surface area contributed by atoms with Crippen LogP contribution < -0.4 is 0 Å². The topological polar surface area (TPSA) is 26.3 Å². The lowest BCUT2D eigenvalue weighted by Gasteiger charge is -2.02. The van der Waals surface area contributed by atoms with Gasteiger partial charge in [-0.15, -0.1) is 0 Å². The summed E-state index contributed by atoms with van der Waals surface area (Å²) in [6, 6.07) is 9.48. The van der Waals surface area contributed by atoms with Gasteiger partial charge in [-0.25, -0.2) is 0 Å². The number of rotatable bonds is 4. The highest BCUT2D eigenvalue weighted by molar-refractivity contribution is 5.66. The highest BCUT2D eigenvalue weighted by Gasteiger charge is 1.99. The summed E-state index contributed by atoms with van der Waals surface area (Å²) >= 11 is 0. The molecule has 14 heavy (non-hydrogen) atoms. The fourth-order valence-corrected chi connectivity index (χ4v) is 1.04. The minimum atomic E-state index is 0.433. The molecule has 0 N–H and O–H groups in total. The predicted octanol–water partition coefficient (Wildman–Crippen LogP) is 2.78. The van der Waals surface area contributed by atoms with E-state index in [1.54, 1.807) is 6.08 Å². The molecule has 0 atom stereocenters. The Hall–Kier alpha value is -1.83. The number of ether oxygens (including phenoxy) is 1. The molecule has 2 heteroatoms. The Morgan fingerprint density at radius 2 is 2.00 bits per heavy atom. The van der Waals surface area contributed by atoms with Crippen molar-refractivity contribution in [1.29, 1.82) is 0 Å². The normalized spacial score (nSPS) is 11.6. The smallest absolute Gasteiger partial charge is 0.298 e. The van der Waals surface area contributed by atoms with Crippen LogP contribution in [0.15, 0.2) is 48.6 Å². The van der Waals surface area contributed by atoms with Gasteiger partial charge < -0.3 is 4.74 Å². The van der Waals surface area contributed by atoms with Crippen molar-refractivity contribution in [3.05, 3.63) is 54.1 Å². The number of allylic oxidation sites excluding steroid dienone is 3. The van der Waals surface area contributed by atoms with Crippen LogP contribution in [0.25, 0.3) is 5.76 Å². The second kappa shape index (κ2) is 5.75. The number of carbonyl (C=O) groups is 1. The van der Waals surface area contributed by atoms with Gasteiger partial charge in [-0.1, -0.05) is 42.5 Å². The molecule has 0 aliphatic rings. The van der Waals surface area contributed by atoms with Crippen molar-refractivity contribution in [2.45, 2.75) is 6.92 Å². The molecule has 1 aromatic rings. The number of hydrogen-bond acceptors (Lipinski definition) is 2. The maximum atomic E-state index is 10.3. The van der Waals surface area contributed by atoms with Crippen molar-refractivity contribution in [2.24, 2.45) is 0 Å². The molecular weight excluding hydrogens is 176 g/mol. The predicted molar refractivity (Wildman–Crippen MR) is 56.4 cm³/mol. The number of benzene rings is 1. The summed E-state index contributed by atoms with van der Waals surface area (Å²) in [6.45, 7) is 2.34. The summed E-state index contributed by atoms with van der Waals surface area (Å²) in [7, 11) is 0. The number of hydrogen-bond donors (Lipinski definition) is 0. The summed E-state index contributed by atoms with van der Waals surface area (Å²) < 4.78 is 4.86. The van der Waals surface area contributed by atoms with Crippen LogP contribution in [0.5, 0.6) is 0 Å². The lowest BCUT2D eigenvalue weighted by molar-refractivity contribution is -0.122. The lowest BCUT2D eigenvalue weighted by atomic mass is 10.2. The van der Waals surface area contributed by atoms with E-state index < -0.39 is 0 Å². The van der Waals surface area contributed by atoms with Gasteiger partial charge >= 0.3 is 0 Å². The van der Waals surface area contributed by atoms with Crippen molar-refractivity contribution in [3.63, 3.8) is 0 Å². The summed E-state index contributed by atoms with van der Waals surface area (Å²) in [6.07, 6.45) is 5.45. The third-order valence-corrected chi connectivity index (χ3v) is 1.67. The molecule has 0 fully saturated rings. The van der Waals surface area contributed by atoms with E-state index in [0.717, 1.165) is 5.56 Å². The van der Waals surface area contributed by atoms with E-state index in [2.05, 4.69) is 0 Å². The summed E-state index contributed by atoms with van der Waals surface area (Å²) in [5.41, 5.74) is 0.887. The van der Waals surface area contributed by atoms with Crippen LogP contribution in [0.2, 0.25) is 0 Å². The van der Waals surface area contributed by atoms with Crippen LogP contribution in [0.1, 0.15) is 12.5 Å². The Morgan fingerprint density at radius 1 is 1.29 bits per heavy atom. The Labute approximate surface area is 83.5 Å². The average Bonchev–Trinajstić information content (AvgIpc) is 2.25. The first kappa shape index (κ1) is 10.3. The van der Waals surface area contributed by atoms with Gasteiger partial charge in [0.25, 0.3) is 6.47 Å². The van der Waals surface area contributed by atoms with Crippen molar-refractivity contribution in [3.8, 4) is 0 Å². The molecule has 0 aliphatic heterocycles. The van der Waals surface area contributed by atoms with Crippen LogP contribution >= 0.6 is 0 Å². The van der Waals surface area contributed by atoms with E-state index >= 15 is 0 Å². The summed E-state index contributed by atoms with van der Waals surface area (Å²) in [5, 5.41) is 0. The molecule has 0 radical (unpaired) electrons. The van der Waals surface area contributed by atoms with Gasteiger partial charge in [-0.2, -0.15) is 0 Å². The molecule has 0 aliphatic carbocycles. The first-order chi connectivity index (χ1) is 6.88. The molecule has 0 unspecified atom stereocenters. The van der Waals surface area contributed by atoms with E-state index in [1.165, 1.54) is 0 Å². The summed E-state index contributed by atoms with van der Waals surface area (Å²) in [5.74, 6) is 0.554. The van der Waals surface area contributed by atoms with Gasteiger partial charge in [0.2, 0.25) is 0 Å². The molecule has 0 heterocycles. The molecule has 0 saturated carbocycles. The van der Waals surface area contributed by atoms with Gasteiger partial charge in [-0.05, 0) is 13.0 Å². The molecule has 0 aromatic heterocycles. The Morgan fingerprint density at radius 3 is 2.57 bits per heavy atom. The monoisotopic (exact) mass is 188 g/mol. The molecule has 72 valence electrons. The molecule has 0 bridgehead atoms. The van der Waals surface area contributed by atoms with E-state index in [1.807, 2.05) is 49.4 Å². The maximum absolute atomic E-state index is 10.3. The van der Waals surface area contributed by atoms with Gasteiger partial charge in [-0.3, -0.25) is 4.79 Å². The zero-order valence-corrected chi connectivity index (χ0v) is 8.01. The van der Waals surface area contributed by atoms with Crippen LogP contribution in [-0.2, 0) is 9.53 Å². The summed E-state index contributed by atoms with van der Waals surface area (Å²) in [4.78, 5) is 10.3. The first-order valence-electron chi connectivity index (χ1n) is 4.37. The third-order valence-electron chi connectivity index (χ3n) is 1.67. The zero-order chi connectivity index (χ0) is 10.2. The van der Waals surface area contributed by atoms with Gasteiger partial charge in [0.1, 0.15) is 5.76 Å². The van der Waals surface area contributed by atoms with Crippen molar-refractivity contribution < 1.29 is 9.53 Å². The van der Waals surface area contributed by atoms with E-state index in [4.69, 9.17) is 4.74 Å². The molecule has 0 saturated heterocycles. The zero-order valence-electron chi connectivity index (χ0n) is 8.01.